The van der Waals surface area contributed by atoms with Gasteiger partial charge in [0.05, 0.1) is 22.1 Å². The van der Waals surface area contributed by atoms with Crippen LogP contribution < -0.4 is 0 Å². The molecule has 0 aliphatic heterocycles. The van der Waals surface area contributed by atoms with Gasteiger partial charge in [-0.25, -0.2) is 9.97 Å². The van der Waals surface area contributed by atoms with Gasteiger partial charge in [-0.2, -0.15) is 0 Å². The number of rotatable bonds is 8. The molecule has 0 amide bonds. The molecule has 2 N–H and O–H groups in total. The van der Waals surface area contributed by atoms with Crippen molar-refractivity contribution in [2.75, 3.05) is 11.5 Å². The molecule has 33 heavy (non-hydrogen) atoms. The molecule has 0 unspecified atom stereocenters. The minimum absolute atomic E-state index is 0.0265. The monoisotopic (exact) mass is 480 g/mol. The Kier molecular flexibility index (Phi) is 7.24. The van der Waals surface area contributed by atoms with Gasteiger partial charge in [-0.15, -0.1) is 0 Å². The zero-order chi connectivity index (χ0) is 23.5. The standard InChI is InChI=1S/C25H28N4O2S2/c1-14-10-18-19(11-15(14)2)27-22(26-18)24(30)32-8-6-5-7-9-33-25(31)23-28-20-12-16(3)17(4)13-21(20)29-23/h10-13H,5-9H2,1-4H3,(H,26,27)(H,28,29). The summed E-state index contributed by atoms with van der Waals surface area (Å²) in [5, 5.41) is -0.0529. The number of carbonyl (C=O) groups excluding carboxylic acids is 2. The highest BCUT2D eigenvalue weighted by atomic mass is 32.2. The van der Waals surface area contributed by atoms with Crippen molar-refractivity contribution in [1.82, 2.24) is 19.9 Å². The maximum atomic E-state index is 12.4. The van der Waals surface area contributed by atoms with Gasteiger partial charge in [0.2, 0.25) is 0 Å². The van der Waals surface area contributed by atoms with Crippen molar-refractivity contribution in [2.45, 2.75) is 47.0 Å². The van der Waals surface area contributed by atoms with E-state index in [2.05, 4.69) is 33.8 Å². The first kappa shape index (κ1) is 23.6. The lowest BCUT2D eigenvalue weighted by atomic mass is 10.1. The van der Waals surface area contributed by atoms with Crippen LogP contribution in [0.5, 0.6) is 0 Å². The molecule has 0 bridgehead atoms. The molecule has 0 saturated carbocycles. The van der Waals surface area contributed by atoms with Crippen LogP contribution in [0, 0.1) is 27.7 Å². The van der Waals surface area contributed by atoms with Crippen molar-refractivity contribution in [1.29, 1.82) is 0 Å². The van der Waals surface area contributed by atoms with E-state index in [4.69, 9.17) is 0 Å². The van der Waals surface area contributed by atoms with Gasteiger partial charge < -0.3 is 9.97 Å². The summed E-state index contributed by atoms with van der Waals surface area (Å²) < 4.78 is 0. The number of H-pyrrole nitrogens is 2. The number of nitrogens with zero attached hydrogens (tertiary/aromatic N) is 2. The fourth-order valence-corrected chi connectivity index (χ4v) is 5.11. The van der Waals surface area contributed by atoms with E-state index in [0.717, 1.165) is 52.8 Å². The normalized spacial score (nSPS) is 11.5. The predicted octanol–water partition coefficient (Wildman–Crippen LogP) is 6.29. The number of hydrogen-bond donors (Lipinski definition) is 2. The second-order valence-electron chi connectivity index (χ2n) is 8.41. The lowest BCUT2D eigenvalue weighted by Crippen LogP contribution is -1.99. The van der Waals surface area contributed by atoms with Crippen LogP contribution >= 0.6 is 23.5 Å². The summed E-state index contributed by atoms with van der Waals surface area (Å²) in [6, 6.07) is 8.08. The summed E-state index contributed by atoms with van der Waals surface area (Å²) in [5.41, 5.74) is 8.17. The SMILES string of the molecule is Cc1cc2nc(C(=O)SCCCCCSC(=O)c3nc4cc(C)c(C)cc4[nH]3)[nH]c2cc1C. The molecule has 0 aliphatic rings. The third-order valence-corrected chi connectivity index (χ3v) is 7.73. The topological polar surface area (TPSA) is 91.5 Å². The van der Waals surface area contributed by atoms with Crippen LogP contribution in [0.1, 0.15) is 62.8 Å². The molecule has 4 rings (SSSR count). The molecule has 0 saturated heterocycles. The van der Waals surface area contributed by atoms with Gasteiger partial charge >= 0.3 is 0 Å². The number of nitrogens with one attached hydrogen (secondary N) is 2. The van der Waals surface area contributed by atoms with Crippen molar-refractivity contribution in [3.05, 3.63) is 58.2 Å². The second kappa shape index (κ2) is 10.1. The van der Waals surface area contributed by atoms with Crippen molar-refractivity contribution < 1.29 is 9.59 Å². The number of imidazole rings is 2. The maximum Gasteiger partial charge on any atom is 0.254 e. The zero-order valence-electron chi connectivity index (χ0n) is 19.4. The Balaban J connectivity index is 1.17. The summed E-state index contributed by atoms with van der Waals surface area (Å²) in [5.74, 6) is 2.32. The number of aromatic amines is 2. The highest BCUT2D eigenvalue weighted by molar-refractivity contribution is 8.14. The van der Waals surface area contributed by atoms with Crippen molar-refractivity contribution in [2.24, 2.45) is 0 Å². The first-order valence-corrected chi connectivity index (χ1v) is 13.1. The molecule has 6 nitrogen and oxygen atoms in total. The van der Waals surface area contributed by atoms with Crippen LogP contribution in [0.3, 0.4) is 0 Å². The van der Waals surface area contributed by atoms with Crippen molar-refractivity contribution in [3.8, 4) is 0 Å². The van der Waals surface area contributed by atoms with Crippen LogP contribution in [0.2, 0.25) is 0 Å². The lowest BCUT2D eigenvalue weighted by molar-refractivity contribution is 0.107. The van der Waals surface area contributed by atoms with Gasteiger partial charge in [-0.05, 0) is 87.1 Å². The minimum atomic E-state index is -0.0265. The highest BCUT2D eigenvalue weighted by Gasteiger charge is 2.14. The van der Waals surface area contributed by atoms with Crippen LogP contribution in [-0.4, -0.2) is 41.7 Å². The average molecular weight is 481 g/mol. The summed E-state index contributed by atoms with van der Waals surface area (Å²) in [4.78, 5) is 40.0. The molecule has 0 aliphatic carbocycles. The first-order valence-electron chi connectivity index (χ1n) is 11.1. The Hall–Kier alpha value is -2.58. The number of unbranched alkanes of at least 4 members (excludes halogenated alkanes) is 2. The summed E-state index contributed by atoms with van der Waals surface area (Å²) in [6.07, 6.45) is 2.82. The molecular weight excluding hydrogens is 452 g/mol. The predicted molar refractivity (Wildman–Crippen MR) is 139 cm³/mol. The average Bonchev–Trinajstić information content (AvgIpc) is 3.37. The fraction of sp³-hybridized carbons (Fsp3) is 0.360. The smallest absolute Gasteiger partial charge is 0.254 e. The number of benzene rings is 2. The van der Waals surface area contributed by atoms with Gasteiger partial charge in [0.25, 0.3) is 10.2 Å². The molecule has 0 spiro atoms. The molecule has 0 atom stereocenters. The number of fused-ring (bicyclic) bond motifs is 2. The van der Waals surface area contributed by atoms with Gasteiger partial charge in [-0.1, -0.05) is 29.9 Å². The van der Waals surface area contributed by atoms with Gasteiger partial charge in [0.15, 0.2) is 11.6 Å². The number of carbonyl (C=O) groups is 2. The van der Waals surface area contributed by atoms with E-state index in [1.807, 2.05) is 38.1 Å². The highest BCUT2D eigenvalue weighted by Crippen LogP contribution is 2.22. The number of aromatic nitrogens is 4. The van der Waals surface area contributed by atoms with Crippen molar-refractivity contribution >= 4 is 55.8 Å². The quantitative estimate of drug-likeness (QED) is 0.288. The van der Waals surface area contributed by atoms with Crippen LogP contribution in [0.25, 0.3) is 22.1 Å². The molecule has 2 aromatic carbocycles. The van der Waals surface area contributed by atoms with Crippen LogP contribution in [0.4, 0.5) is 0 Å². The van der Waals surface area contributed by atoms with E-state index in [1.165, 1.54) is 45.8 Å². The summed E-state index contributed by atoms with van der Waals surface area (Å²) in [6.45, 7) is 8.19. The van der Waals surface area contributed by atoms with Crippen molar-refractivity contribution in [3.63, 3.8) is 0 Å². The van der Waals surface area contributed by atoms with Gasteiger partial charge in [0, 0.05) is 11.5 Å². The summed E-state index contributed by atoms with van der Waals surface area (Å²) >= 11 is 2.60. The molecular formula is C25H28N4O2S2. The Morgan fingerprint density at radius 1 is 0.667 bits per heavy atom. The van der Waals surface area contributed by atoms with Crippen LogP contribution in [-0.2, 0) is 0 Å². The Labute approximate surface area is 201 Å². The Bertz CT molecular complexity index is 1160. The lowest BCUT2D eigenvalue weighted by Gasteiger charge is -2.00. The third-order valence-electron chi connectivity index (χ3n) is 5.84. The molecule has 172 valence electrons. The fourth-order valence-electron chi connectivity index (χ4n) is 3.58. The number of hydrogen-bond acceptors (Lipinski definition) is 6. The zero-order valence-corrected chi connectivity index (χ0v) is 21.0. The van der Waals surface area contributed by atoms with E-state index in [0.29, 0.717) is 11.6 Å². The van der Waals surface area contributed by atoms with E-state index in [1.54, 1.807) is 0 Å². The molecule has 0 radical (unpaired) electrons. The largest absolute Gasteiger partial charge is 0.335 e. The number of aryl methyl sites for hydroxylation is 4. The van der Waals surface area contributed by atoms with Gasteiger partial charge in [-0.3, -0.25) is 9.59 Å². The van der Waals surface area contributed by atoms with Gasteiger partial charge in [0.1, 0.15) is 0 Å². The Morgan fingerprint density at radius 2 is 1.06 bits per heavy atom. The third kappa shape index (κ3) is 5.50. The van der Waals surface area contributed by atoms with E-state index in [-0.39, 0.29) is 10.2 Å². The Morgan fingerprint density at radius 3 is 1.48 bits per heavy atom. The second-order valence-corrected chi connectivity index (χ2v) is 10.5. The molecule has 4 aromatic rings. The van der Waals surface area contributed by atoms with E-state index in [9.17, 15) is 9.59 Å². The molecule has 2 aromatic heterocycles. The molecule has 0 fully saturated rings. The number of thioether (sulfide) groups is 2. The maximum absolute atomic E-state index is 12.4. The molecule has 2 heterocycles. The minimum Gasteiger partial charge on any atom is -0.335 e. The molecule has 8 heteroatoms. The summed E-state index contributed by atoms with van der Waals surface area (Å²) in [7, 11) is 0. The van der Waals surface area contributed by atoms with Crippen LogP contribution in [0.15, 0.2) is 24.3 Å². The first-order chi connectivity index (χ1) is 15.8. The van der Waals surface area contributed by atoms with E-state index >= 15 is 0 Å². The van der Waals surface area contributed by atoms with E-state index < -0.39 is 0 Å².